The van der Waals surface area contributed by atoms with Crippen molar-refractivity contribution >= 4 is 23.3 Å². The van der Waals surface area contributed by atoms with Gasteiger partial charge < -0.3 is 15.0 Å². The molecule has 6 nitrogen and oxygen atoms in total. The van der Waals surface area contributed by atoms with Gasteiger partial charge in [-0.25, -0.2) is 0 Å². The molecule has 1 atom stereocenters. The Hall–Kier alpha value is -2.08. The number of ether oxygens (including phenoxy) is 1. The molecule has 1 N–H and O–H groups in total. The first kappa shape index (κ1) is 18.9. The van der Waals surface area contributed by atoms with Crippen LogP contribution in [-0.4, -0.2) is 55.6 Å². The fraction of sp³-hybridized carbons (Fsp3) is 0.652. The van der Waals surface area contributed by atoms with Crippen LogP contribution in [0.15, 0.2) is 18.2 Å². The average molecular weight is 398 g/mol. The lowest BCUT2D eigenvalue weighted by Gasteiger charge is -2.36. The fourth-order valence-corrected chi connectivity index (χ4v) is 5.60. The van der Waals surface area contributed by atoms with Gasteiger partial charge in [0.1, 0.15) is 6.10 Å². The largest absolute Gasteiger partial charge is 0.462 e. The number of amides is 1. The SMILES string of the molecule is O=C1Cc2cc(N3CCN(CCC4CC5(CCCCC5)C(=O)O4)CC3)ccc2N1. The standard InChI is InChI=1S/C23H31N3O3/c27-21-15-17-14-18(4-5-20(17)24-21)26-12-10-25(11-13-26)9-6-19-16-23(22(28)29-19)7-2-1-3-8-23/h4-5,14,19H,1-3,6-13,15-16H2,(H,24,27). The number of fused-ring (bicyclic) bond motifs is 1. The van der Waals surface area contributed by atoms with Gasteiger partial charge in [-0.05, 0) is 43.0 Å². The number of hydrogen-bond donors (Lipinski definition) is 1. The second-order valence-electron chi connectivity index (χ2n) is 9.26. The summed E-state index contributed by atoms with van der Waals surface area (Å²) in [7, 11) is 0. The number of rotatable bonds is 4. The number of nitrogens with zero attached hydrogens (tertiary/aromatic N) is 2. The van der Waals surface area contributed by atoms with E-state index in [1.54, 1.807) is 0 Å². The normalized spacial score (nSPS) is 26.5. The number of nitrogens with one attached hydrogen (secondary N) is 1. The van der Waals surface area contributed by atoms with Crippen molar-refractivity contribution in [2.24, 2.45) is 5.41 Å². The number of hydrogen-bond acceptors (Lipinski definition) is 5. The number of esters is 1. The van der Waals surface area contributed by atoms with Crippen molar-refractivity contribution in [1.29, 1.82) is 0 Å². The van der Waals surface area contributed by atoms with Crippen LogP contribution in [0.3, 0.4) is 0 Å². The first-order valence-electron chi connectivity index (χ1n) is 11.2. The van der Waals surface area contributed by atoms with Gasteiger partial charge in [-0.3, -0.25) is 14.5 Å². The van der Waals surface area contributed by atoms with Gasteiger partial charge in [0.15, 0.2) is 0 Å². The second kappa shape index (κ2) is 7.63. The molecule has 1 aliphatic carbocycles. The van der Waals surface area contributed by atoms with Crippen molar-refractivity contribution in [1.82, 2.24) is 4.90 Å². The zero-order chi connectivity index (χ0) is 19.8. The van der Waals surface area contributed by atoms with Gasteiger partial charge in [-0.15, -0.1) is 0 Å². The zero-order valence-electron chi connectivity index (χ0n) is 17.1. The molecule has 1 saturated carbocycles. The van der Waals surface area contributed by atoms with Gasteiger partial charge in [-0.2, -0.15) is 0 Å². The smallest absolute Gasteiger partial charge is 0.312 e. The van der Waals surface area contributed by atoms with Crippen LogP contribution < -0.4 is 10.2 Å². The van der Waals surface area contributed by atoms with E-state index in [2.05, 4.69) is 27.2 Å². The quantitative estimate of drug-likeness (QED) is 0.792. The van der Waals surface area contributed by atoms with Crippen LogP contribution in [0, 0.1) is 5.41 Å². The van der Waals surface area contributed by atoms with Crippen molar-refractivity contribution < 1.29 is 14.3 Å². The summed E-state index contributed by atoms with van der Waals surface area (Å²) in [4.78, 5) is 28.9. The number of carbonyl (C=O) groups excluding carboxylic acids is 2. The zero-order valence-corrected chi connectivity index (χ0v) is 17.1. The molecule has 0 radical (unpaired) electrons. The van der Waals surface area contributed by atoms with E-state index in [0.29, 0.717) is 6.42 Å². The van der Waals surface area contributed by atoms with E-state index >= 15 is 0 Å². The number of cyclic esters (lactones) is 1. The monoisotopic (exact) mass is 397 g/mol. The minimum absolute atomic E-state index is 0.0802. The van der Waals surface area contributed by atoms with Crippen LogP contribution >= 0.6 is 0 Å². The maximum atomic E-state index is 12.4. The Morgan fingerprint density at radius 1 is 1.07 bits per heavy atom. The summed E-state index contributed by atoms with van der Waals surface area (Å²) < 4.78 is 5.78. The lowest BCUT2D eigenvalue weighted by atomic mass is 9.72. The topological polar surface area (TPSA) is 61.9 Å². The fourth-order valence-electron chi connectivity index (χ4n) is 5.60. The molecule has 29 heavy (non-hydrogen) atoms. The third-order valence-corrected chi connectivity index (χ3v) is 7.35. The van der Waals surface area contributed by atoms with Crippen molar-refractivity contribution in [3.05, 3.63) is 23.8 Å². The van der Waals surface area contributed by atoms with Crippen LogP contribution in [-0.2, 0) is 20.7 Å². The van der Waals surface area contributed by atoms with Crippen molar-refractivity contribution in [2.75, 3.05) is 42.9 Å². The maximum absolute atomic E-state index is 12.4. The first-order valence-corrected chi connectivity index (χ1v) is 11.2. The van der Waals surface area contributed by atoms with Crippen molar-refractivity contribution in [3.63, 3.8) is 0 Å². The molecule has 1 amide bonds. The van der Waals surface area contributed by atoms with Crippen LogP contribution in [0.5, 0.6) is 0 Å². The molecular weight excluding hydrogens is 366 g/mol. The van der Waals surface area contributed by atoms with Crippen molar-refractivity contribution in [2.45, 2.75) is 57.5 Å². The Balaban J connectivity index is 1.10. The lowest BCUT2D eigenvalue weighted by Crippen LogP contribution is -2.47. The molecule has 2 saturated heterocycles. The van der Waals surface area contributed by atoms with Gasteiger partial charge in [0, 0.05) is 50.5 Å². The Kier molecular flexibility index (Phi) is 4.98. The van der Waals surface area contributed by atoms with E-state index in [9.17, 15) is 9.59 Å². The molecular formula is C23H31N3O3. The summed E-state index contributed by atoms with van der Waals surface area (Å²) in [5.41, 5.74) is 3.13. The van der Waals surface area contributed by atoms with Crippen LogP contribution in [0.4, 0.5) is 11.4 Å². The van der Waals surface area contributed by atoms with Crippen molar-refractivity contribution in [3.8, 4) is 0 Å². The van der Waals surface area contributed by atoms with Crippen LogP contribution in [0.25, 0.3) is 0 Å². The molecule has 156 valence electrons. The van der Waals surface area contributed by atoms with E-state index in [1.807, 2.05) is 6.07 Å². The molecule has 1 spiro atoms. The Morgan fingerprint density at radius 3 is 2.66 bits per heavy atom. The number of piperazine rings is 1. The minimum Gasteiger partial charge on any atom is -0.462 e. The highest BCUT2D eigenvalue weighted by molar-refractivity contribution is 5.99. The molecule has 5 rings (SSSR count). The predicted octanol–water partition coefficient (Wildman–Crippen LogP) is 2.96. The Morgan fingerprint density at radius 2 is 1.86 bits per heavy atom. The highest BCUT2D eigenvalue weighted by atomic mass is 16.6. The molecule has 1 aromatic carbocycles. The van der Waals surface area contributed by atoms with Gasteiger partial charge in [0.2, 0.25) is 5.91 Å². The first-order chi connectivity index (χ1) is 14.1. The molecule has 6 heteroatoms. The Labute approximate surface area is 172 Å². The van der Waals surface area contributed by atoms with E-state index in [0.717, 1.165) is 69.7 Å². The average Bonchev–Trinajstić information content (AvgIpc) is 3.25. The Bertz CT molecular complexity index is 795. The molecule has 1 unspecified atom stereocenters. The molecule has 4 aliphatic rings. The molecule has 3 aliphatic heterocycles. The van der Waals surface area contributed by atoms with Gasteiger partial charge in [0.25, 0.3) is 0 Å². The highest BCUT2D eigenvalue weighted by Gasteiger charge is 2.48. The second-order valence-corrected chi connectivity index (χ2v) is 9.26. The third kappa shape index (κ3) is 3.75. The van der Waals surface area contributed by atoms with Crippen LogP contribution in [0.1, 0.15) is 50.5 Å². The summed E-state index contributed by atoms with van der Waals surface area (Å²) in [6.07, 6.45) is 8.18. The number of anilines is 2. The summed E-state index contributed by atoms with van der Waals surface area (Å²) in [5, 5.41) is 2.90. The van der Waals surface area contributed by atoms with E-state index in [1.165, 1.54) is 24.9 Å². The highest BCUT2D eigenvalue weighted by Crippen LogP contribution is 2.46. The maximum Gasteiger partial charge on any atom is 0.312 e. The van der Waals surface area contributed by atoms with Gasteiger partial charge in [0.05, 0.1) is 11.8 Å². The molecule has 1 aromatic rings. The third-order valence-electron chi connectivity index (χ3n) is 7.35. The summed E-state index contributed by atoms with van der Waals surface area (Å²) in [6, 6.07) is 6.30. The molecule has 0 aromatic heterocycles. The van der Waals surface area contributed by atoms with E-state index < -0.39 is 0 Å². The lowest BCUT2D eigenvalue weighted by molar-refractivity contribution is -0.150. The van der Waals surface area contributed by atoms with Crippen LogP contribution in [0.2, 0.25) is 0 Å². The number of benzene rings is 1. The van der Waals surface area contributed by atoms with Gasteiger partial charge in [-0.1, -0.05) is 19.3 Å². The molecule has 3 heterocycles. The van der Waals surface area contributed by atoms with Gasteiger partial charge >= 0.3 is 5.97 Å². The summed E-state index contributed by atoms with van der Waals surface area (Å²) in [6.45, 7) is 5.05. The predicted molar refractivity (Wildman–Crippen MR) is 112 cm³/mol. The summed E-state index contributed by atoms with van der Waals surface area (Å²) >= 11 is 0. The summed E-state index contributed by atoms with van der Waals surface area (Å²) in [5.74, 6) is 0.168. The molecule has 0 bridgehead atoms. The minimum atomic E-state index is -0.147. The van der Waals surface area contributed by atoms with E-state index in [-0.39, 0.29) is 23.4 Å². The molecule has 3 fully saturated rings. The van der Waals surface area contributed by atoms with E-state index in [4.69, 9.17) is 4.74 Å². The number of carbonyl (C=O) groups is 2.